The summed E-state index contributed by atoms with van der Waals surface area (Å²) < 4.78 is 35.6. The van der Waals surface area contributed by atoms with Crippen LogP contribution in [0.15, 0.2) is 30.3 Å². The van der Waals surface area contributed by atoms with Gasteiger partial charge in [0, 0.05) is 11.4 Å². The van der Waals surface area contributed by atoms with E-state index in [4.69, 9.17) is 5.73 Å². The van der Waals surface area contributed by atoms with Gasteiger partial charge in [-0.05, 0) is 23.9 Å². The van der Waals surface area contributed by atoms with Gasteiger partial charge in [0.1, 0.15) is 0 Å². The average molecular weight is 301 g/mol. The first-order valence-electron chi connectivity index (χ1n) is 4.70. The Balaban J connectivity index is 0.00000289. The summed E-state index contributed by atoms with van der Waals surface area (Å²) in [4.78, 5) is 11.4. The molecule has 1 rings (SSSR count). The fourth-order valence-electron chi connectivity index (χ4n) is 1.02. The Hall–Kier alpha value is -0.920. The lowest BCUT2D eigenvalue weighted by Crippen LogP contribution is -2.38. The van der Waals surface area contributed by atoms with Crippen LogP contribution in [0.3, 0.4) is 0 Å². The van der Waals surface area contributed by atoms with Gasteiger partial charge in [-0.2, -0.15) is 13.2 Å². The number of halogens is 4. The topological polar surface area (TPSA) is 55.1 Å². The molecule has 0 fully saturated rings. The van der Waals surface area contributed by atoms with Gasteiger partial charge >= 0.3 is 5.51 Å². The molecule has 0 bridgehead atoms. The number of hydrogen-bond donors (Lipinski definition) is 2. The lowest BCUT2D eigenvalue weighted by molar-refractivity contribution is -0.116. The zero-order valence-electron chi connectivity index (χ0n) is 9.11. The van der Waals surface area contributed by atoms with Gasteiger partial charge in [0.15, 0.2) is 0 Å². The van der Waals surface area contributed by atoms with E-state index in [0.717, 1.165) is 0 Å². The highest BCUT2D eigenvalue weighted by Gasteiger charge is 2.30. The highest BCUT2D eigenvalue weighted by atomic mass is 35.5. The number of rotatable bonds is 4. The first-order valence-corrected chi connectivity index (χ1v) is 5.69. The highest BCUT2D eigenvalue weighted by Crippen LogP contribution is 2.30. The molecule has 0 radical (unpaired) electrons. The van der Waals surface area contributed by atoms with Crippen molar-refractivity contribution in [3.63, 3.8) is 0 Å². The molecule has 1 amide bonds. The van der Waals surface area contributed by atoms with Gasteiger partial charge in [0.25, 0.3) is 0 Å². The molecule has 0 aliphatic heterocycles. The van der Waals surface area contributed by atoms with Gasteiger partial charge in [0.2, 0.25) is 5.91 Å². The quantitative estimate of drug-likeness (QED) is 0.899. The number of thioether (sulfide) groups is 1. The fraction of sp³-hybridized carbons (Fsp3) is 0.300. The van der Waals surface area contributed by atoms with E-state index in [2.05, 4.69) is 5.32 Å². The molecule has 0 aromatic heterocycles. The Morgan fingerprint density at radius 1 is 1.33 bits per heavy atom. The van der Waals surface area contributed by atoms with Crippen molar-refractivity contribution in [2.75, 3.05) is 11.1 Å². The second kappa shape index (κ2) is 7.50. The van der Waals surface area contributed by atoms with E-state index in [-0.39, 0.29) is 24.2 Å². The monoisotopic (exact) mass is 300 g/mol. The van der Waals surface area contributed by atoms with Crippen LogP contribution < -0.4 is 11.1 Å². The van der Waals surface area contributed by atoms with Crippen LogP contribution in [0.2, 0.25) is 0 Å². The molecule has 0 heterocycles. The van der Waals surface area contributed by atoms with Gasteiger partial charge in [-0.3, -0.25) is 4.79 Å². The number of carbonyl (C=O) groups is 1. The maximum atomic E-state index is 11.9. The molecule has 18 heavy (non-hydrogen) atoms. The van der Waals surface area contributed by atoms with Crippen LogP contribution in [-0.2, 0) is 4.79 Å². The highest BCUT2D eigenvalue weighted by molar-refractivity contribution is 8.00. The molecule has 8 heteroatoms. The van der Waals surface area contributed by atoms with E-state index in [0.29, 0.717) is 5.69 Å². The van der Waals surface area contributed by atoms with Crippen molar-refractivity contribution in [1.82, 2.24) is 0 Å². The van der Waals surface area contributed by atoms with Crippen molar-refractivity contribution >= 4 is 35.8 Å². The Labute approximate surface area is 113 Å². The van der Waals surface area contributed by atoms with Gasteiger partial charge in [-0.25, -0.2) is 0 Å². The van der Waals surface area contributed by atoms with Crippen LogP contribution in [0, 0.1) is 0 Å². The smallest absolute Gasteiger partial charge is 0.325 e. The van der Waals surface area contributed by atoms with Crippen molar-refractivity contribution in [1.29, 1.82) is 0 Å². The molecule has 1 aromatic carbocycles. The van der Waals surface area contributed by atoms with Crippen LogP contribution >= 0.6 is 24.2 Å². The van der Waals surface area contributed by atoms with E-state index in [9.17, 15) is 18.0 Å². The van der Waals surface area contributed by atoms with Crippen molar-refractivity contribution < 1.29 is 18.0 Å². The second-order valence-corrected chi connectivity index (χ2v) is 4.30. The van der Waals surface area contributed by atoms with Crippen LogP contribution in [0.1, 0.15) is 0 Å². The standard InChI is InChI=1S/C10H11F3N2OS.ClH/c11-10(12,13)17-6-8(14)9(16)15-7-4-2-1-3-5-7;/h1-5,8H,6,14H2,(H,15,16);1H/t8-;/m0./s1. The van der Waals surface area contributed by atoms with Gasteiger partial charge in [-0.15, -0.1) is 12.4 Å². The summed E-state index contributed by atoms with van der Waals surface area (Å²) in [5, 5.41) is 2.43. The molecule has 0 saturated carbocycles. The maximum absolute atomic E-state index is 11.9. The number of alkyl halides is 3. The predicted octanol–water partition coefficient (Wildman–Crippen LogP) is 2.63. The number of para-hydroxylation sites is 1. The number of hydrogen-bond acceptors (Lipinski definition) is 3. The SMILES string of the molecule is Cl.N[C@@H](CSC(F)(F)F)C(=O)Nc1ccccc1. The molecule has 102 valence electrons. The molecule has 3 nitrogen and oxygen atoms in total. The minimum Gasteiger partial charge on any atom is -0.325 e. The number of nitrogens with two attached hydrogens (primary N) is 1. The number of nitrogens with one attached hydrogen (secondary N) is 1. The zero-order chi connectivity index (χ0) is 12.9. The van der Waals surface area contributed by atoms with Crippen molar-refractivity contribution in [3.05, 3.63) is 30.3 Å². The van der Waals surface area contributed by atoms with Crippen LogP contribution in [-0.4, -0.2) is 23.2 Å². The molecular formula is C10H12ClF3N2OS. The van der Waals surface area contributed by atoms with Gasteiger partial charge in [0.05, 0.1) is 6.04 Å². The van der Waals surface area contributed by atoms with Gasteiger partial charge < -0.3 is 11.1 Å². The van der Waals surface area contributed by atoms with Crippen LogP contribution in [0.25, 0.3) is 0 Å². The maximum Gasteiger partial charge on any atom is 0.441 e. The summed E-state index contributed by atoms with van der Waals surface area (Å²) in [5.41, 5.74) is 1.47. The summed E-state index contributed by atoms with van der Waals surface area (Å²) in [6, 6.07) is 7.22. The molecule has 1 aromatic rings. The summed E-state index contributed by atoms with van der Waals surface area (Å²) in [7, 11) is 0. The van der Waals surface area contributed by atoms with E-state index in [1.165, 1.54) is 0 Å². The minimum absolute atomic E-state index is 0. The third kappa shape index (κ3) is 6.73. The summed E-state index contributed by atoms with van der Waals surface area (Å²) in [6.07, 6.45) is 0. The Bertz CT molecular complexity index is 375. The normalized spacial score (nSPS) is 12.4. The van der Waals surface area contributed by atoms with Gasteiger partial charge in [-0.1, -0.05) is 18.2 Å². The number of amides is 1. The number of carbonyl (C=O) groups excluding carboxylic acids is 1. The molecule has 0 saturated heterocycles. The molecule has 3 N–H and O–H groups in total. The number of anilines is 1. The average Bonchev–Trinajstić information content (AvgIpc) is 2.26. The lowest BCUT2D eigenvalue weighted by Gasteiger charge is -2.12. The third-order valence-electron chi connectivity index (χ3n) is 1.80. The first-order chi connectivity index (χ1) is 7.88. The van der Waals surface area contributed by atoms with E-state index in [1.807, 2.05) is 0 Å². The van der Waals surface area contributed by atoms with Crippen molar-refractivity contribution in [2.45, 2.75) is 11.6 Å². The molecule has 0 aliphatic rings. The third-order valence-corrected chi connectivity index (χ3v) is 2.66. The van der Waals surface area contributed by atoms with Crippen molar-refractivity contribution in [3.8, 4) is 0 Å². The summed E-state index contributed by atoms with van der Waals surface area (Å²) >= 11 is -0.305. The molecule has 1 atom stereocenters. The minimum atomic E-state index is -4.37. The lowest BCUT2D eigenvalue weighted by atomic mass is 10.3. The van der Waals surface area contributed by atoms with Crippen LogP contribution in [0.4, 0.5) is 18.9 Å². The van der Waals surface area contributed by atoms with E-state index >= 15 is 0 Å². The van der Waals surface area contributed by atoms with E-state index in [1.54, 1.807) is 30.3 Å². The first kappa shape index (κ1) is 17.1. The van der Waals surface area contributed by atoms with Crippen molar-refractivity contribution in [2.24, 2.45) is 5.73 Å². The largest absolute Gasteiger partial charge is 0.441 e. The Morgan fingerprint density at radius 2 is 1.89 bits per heavy atom. The predicted molar refractivity (Wildman–Crippen MR) is 68.8 cm³/mol. The Kier molecular flexibility index (Phi) is 7.12. The van der Waals surface area contributed by atoms with Crippen LogP contribution in [0.5, 0.6) is 0 Å². The summed E-state index contributed by atoms with van der Waals surface area (Å²) in [6.45, 7) is 0. The molecular weight excluding hydrogens is 289 g/mol. The zero-order valence-corrected chi connectivity index (χ0v) is 10.7. The fourth-order valence-corrected chi connectivity index (χ4v) is 1.54. The Morgan fingerprint density at radius 3 is 2.39 bits per heavy atom. The van der Waals surface area contributed by atoms with E-state index < -0.39 is 23.2 Å². The second-order valence-electron chi connectivity index (χ2n) is 3.22. The molecule has 0 aliphatic carbocycles. The summed E-state index contributed by atoms with van der Waals surface area (Å²) in [5.74, 6) is -1.13. The number of benzene rings is 1. The molecule has 0 spiro atoms. The molecule has 0 unspecified atom stereocenters.